The van der Waals surface area contributed by atoms with Gasteiger partial charge in [-0.1, -0.05) is 58.7 Å². The van der Waals surface area contributed by atoms with Gasteiger partial charge >= 0.3 is 0 Å². The van der Waals surface area contributed by atoms with Gasteiger partial charge in [-0.05, 0) is 36.0 Å². The predicted molar refractivity (Wildman–Crippen MR) is 74.6 cm³/mol. The first-order chi connectivity index (χ1) is 7.30. The Morgan fingerprint density at radius 1 is 1.38 bits per heavy atom. The molecule has 0 spiro atoms. The van der Waals surface area contributed by atoms with E-state index < -0.39 is 0 Å². The molecule has 0 aromatic heterocycles. The van der Waals surface area contributed by atoms with E-state index in [0.29, 0.717) is 4.83 Å². The van der Waals surface area contributed by atoms with Crippen molar-refractivity contribution < 1.29 is 4.39 Å². The van der Waals surface area contributed by atoms with Crippen LogP contribution >= 0.6 is 31.9 Å². The third-order valence-corrected chi connectivity index (χ3v) is 3.58. The second-order valence-electron chi connectivity index (χ2n) is 5.06. The summed E-state index contributed by atoms with van der Waals surface area (Å²) < 4.78 is 13.8. The van der Waals surface area contributed by atoms with Gasteiger partial charge in [0.2, 0.25) is 0 Å². The zero-order valence-electron chi connectivity index (χ0n) is 9.86. The maximum absolute atomic E-state index is 13.0. The lowest BCUT2D eigenvalue weighted by molar-refractivity contribution is 0.334. The van der Waals surface area contributed by atoms with Crippen LogP contribution in [0.3, 0.4) is 0 Å². The lowest BCUT2D eigenvalue weighted by atomic mass is 9.82. The van der Waals surface area contributed by atoms with E-state index in [1.54, 1.807) is 0 Å². The highest BCUT2D eigenvalue weighted by Crippen LogP contribution is 2.32. The molecule has 3 heteroatoms. The Labute approximate surface area is 114 Å². The number of hydrogen-bond acceptors (Lipinski definition) is 0. The Hall–Kier alpha value is 0.110. The number of halogens is 3. The Kier molecular flexibility index (Phi) is 4.99. The fourth-order valence-corrected chi connectivity index (χ4v) is 3.38. The molecule has 0 saturated heterocycles. The van der Waals surface area contributed by atoms with Crippen molar-refractivity contribution in [3.05, 3.63) is 34.1 Å². The van der Waals surface area contributed by atoms with E-state index in [9.17, 15) is 4.39 Å². The molecule has 0 saturated carbocycles. The van der Waals surface area contributed by atoms with Gasteiger partial charge in [0.05, 0.1) is 0 Å². The zero-order valence-corrected chi connectivity index (χ0v) is 13.0. The molecule has 0 aliphatic rings. The van der Waals surface area contributed by atoms with Gasteiger partial charge < -0.3 is 0 Å². The first-order valence-corrected chi connectivity index (χ1v) is 7.09. The second kappa shape index (κ2) is 5.63. The maximum atomic E-state index is 13.0. The fourth-order valence-electron chi connectivity index (χ4n) is 2.01. The highest BCUT2D eigenvalue weighted by Gasteiger charge is 2.21. The number of benzene rings is 1. The van der Waals surface area contributed by atoms with Crippen LogP contribution in [0.15, 0.2) is 22.7 Å². The highest BCUT2D eigenvalue weighted by atomic mass is 79.9. The van der Waals surface area contributed by atoms with E-state index in [1.165, 1.54) is 17.7 Å². The molecule has 0 fully saturated rings. The van der Waals surface area contributed by atoms with Crippen molar-refractivity contribution in [2.24, 2.45) is 5.41 Å². The Morgan fingerprint density at radius 3 is 2.50 bits per heavy atom. The standard InChI is InChI=1S/C13H17Br2F/c1-9(14)7-13(2,3)8-10-4-5-11(16)6-12(10)15/h4-6,9H,7-8H2,1-3H3. The third-order valence-electron chi connectivity index (χ3n) is 2.52. The summed E-state index contributed by atoms with van der Waals surface area (Å²) in [6.07, 6.45) is 2.04. The molecule has 90 valence electrons. The first kappa shape index (κ1) is 14.2. The van der Waals surface area contributed by atoms with Crippen LogP contribution in [0, 0.1) is 11.2 Å². The first-order valence-electron chi connectivity index (χ1n) is 5.38. The molecule has 1 atom stereocenters. The van der Waals surface area contributed by atoms with Gasteiger partial charge in [-0.2, -0.15) is 0 Å². The predicted octanol–water partition coefficient (Wildman–Crippen LogP) is 5.33. The lowest BCUT2D eigenvalue weighted by Gasteiger charge is -2.26. The molecule has 1 rings (SSSR count). The molecule has 0 bridgehead atoms. The number of rotatable bonds is 4. The Morgan fingerprint density at radius 2 is 2.00 bits per heavy atom. The van der Waals surface area contributed by atoms with Crippen LogP contribution in [0.5, 0.6) is 0 Å². The van der Waals surface area contributed by atoms with E-state index in [-0.39, 0.29) is 11.2 Å². The summed E-state index contributed by atoms with van der Waals surface area (Å²) in [6.45, 7) is 6.63. The van der Waals surface area contributed by atoms with Crippen LogP contribution in [0.1, 0.15) is 32.8 Å². The van der Waals surface area contributed by atoms with Gasteiger partial charge in [-0.15, -0.1) is 0 Å². The number of hydrogen-bond donors (Lipinski definition) is 0. The van der Waals surface area contributed by atoms with Crippen LogP contribution in [0.4, 0.5) is 4.39 Å². The summed E-state index contributed by atoms with van der Waals surface area (Å²) in [7, 11) is 0. The van der Waals surface area contributed by atoms with Crippen molar-refractivity contribution >= 4 is 31.9 Å². The quantitative estimate of drug-likeness (QED) is 0.643. The molecule has 0 heterocycles. The molecule has 0 aliphatic heterocycles. The molecule has 0 nitrogen and oxygen atoms in total. The summed E-state index contributed by atoms with van der Waals surface area (Å²) in [5.41, 5.74) is 1.38. The average Bonchev–Trinajstić information content (AvgIpc) is 2.07. The minimum absolute atomic E-state index is 0.192. The molecule has 1 aromatic rings. The van der Waals surface area contributed by atoms with Crippen LogP contribution < -0.4 is 0 Å². The molecule has 0 aliphatic carbocycles. The monoisotopic (exact) mass is 350 g/mol. The van der Waals surface area contributed by atoms with Gasteiger partial charge in [0.25, 0.3) is 0 Å². The SMILES string of the molecule is CC(Br)CC(C)(C)Cc1ccc(F)cc1Br. The van der Waals surface area contributed by atoms with Crippen molar-refractivity contribution in [3.8, 4) is 0 Å². The minimum Gasteiger partial charge on any atom is -0.207 e. The Bertz CT molecular complexity index is 359. The van der Waals surface area contributed by atoms with Crippen LogP contribution in [0.2, 0.25) is 0 Å². The highest BCUT2D eigenvalue weighted by molar-refractivity contribution is 9.10. The van der Waals surface area contributed by atoms with Gasteiger partial charge in [0.1, 0.15) is 5.82 Å². The minimum atomic E-state index is -0.192. The molecule has 1 aromatic carbocycles. The smallest absolute Gasteiger partial charge is 0.124 e. The molecule has 0 amide bonds. The molecular weight excluding hydrogens is 335 g/mol. The van der Waals surface area contributed by atoms with Gasteiger partial charge in [0.15, 0.2) is 0 Å². The summed E-state index contributed by atoms with van der Waals surface area (Å²) in [4.78, 5) is 0.502. The number of alkyl halides is 1. The van der Waals surface area contributed by atoms with Crippen LogP contribution in [0.25, 0.3) is 0 Å². The lowest BCUT2D eigenvalue weighted by Crippen LogP contribution is -2.19. The van der Waals surface area contributed by atoms with Crippen LogP contribution in [-0.4, -0.2) is 4.83 Å². The van der Waals surface area contributed by atoms with E-state index >= 15 is 0 Å². The molecule has 0 N–H and O–H groups in total. The van der Waals surface area contributed by atoms with Crippen molar-refractivity contribution in [1.82, 2.24) is 0 Å². The second-order valence-corrected chi connectivity index (χ2v) is 7.48. The topological polar surface area (TPSA) is 0 Å². The van der Waals surface area contributed by atoms with E-state index in [2.05, 4.69) is 52.6 Å². The Balaban J connectivity index is 2.79. The largest absolute Gasteiger partial charge is 0.207 e. The summed E-state index contributed by atoms with van der Waals surface area (Å²) >= 11 is 7.00. The third kappa shape index (κ3) is 4.54. The van der Waals surface area contributed by atoms with E-state index in [4.69, 9.17) is 0 Å². The van der Waals surface area contributed by atoms with E-state index in [0.717, 1.165) is 17.3 Å². The summed E-state index contributed by atoms with van der Waals surface area (Å²) in [5, 5.41) is 0. The van der Waals surface area contributed by atoms with Crippen molar-refractivity contribution in [1.29, 1.82) is 0 Å². The van der Waals surface area contributed by atoms with Gasteiger partial charge in [-0.25, -0.2) is 4.39 Å². The van der Waals surface area contributed by atoms with Crippen LogP contribution in [-0.2, 0) is 6.42 Å². The normalized spacial score (nSPS) is 13.9. The van der Waals surface area contributed by atoms with Crippen molar-refractivity contribution in [2.75, 3.05) is 0 Å². The maximum Gasteiger partial charge on any atom is 0.124 e. The fraction of sp³-hybridized carbons (Fsp3) is 0.538. The summed E-state index contributed by atoms with van der Waals surface area (Å²) in [5.74, 6) is -0.192. The summed E-state index contributed by atoms with van der Waals surface area (Å²) in [6, 6.07) is 4.91. The molecule has 1 unspecified atom stereocenters. The van der Waals surface area contributed by atoms with E-state index in [1.807, 2.05) is 6.07 Å². The van der Waals surface area contributed by atoms with Gasteiger partial charge in [0, 0.05) is 9.30 Å². The zero-order chi connectivity index (χ0) is 12.3. The molecular formula is C13H17Br2F. The van der Waals surface area contributed by atoms with Crippen molar-refractivity contribution in [2.45, 2.75) is 38.4 Å². The molecule has 16 heavy (non-hydrogen) atoms. The average molecular weight is 352 g/mol. The van der Waals surface area contributed by atoms with Crippen molar-refractivity contribution in [3.63, 3.8) is 0 Å². The molecule has 0 radical (unpaired) electrons. The van der Waals surface area contributed by atoms with Gasteiger partial charge in [-0.3, -0.25) is 0 Å².